The summed E-state index contributed by atoms with van der Waals surface area (Å²) in [5, 5.41) is 14.1. The largest absolute Gasteiger partial charge is 0.469 e. The molecule has 2 heterocycles. The van der Waals surface area contributed by atoms with Crippen LogP contribution in [0.1, 0.15) is 5.76 Å². The lowest BCUT2D eigenvalue weighted by Gasteiger charge is -2.16. The summed E-state index contributed by atoms with van der Waals surface area (Å²) in [7, 11) is 0. The second-order valence-electron chi connectivity index (χ2n) is 6.49. The van der Waals surface area contributed by atoms with Gasteiger partial charge in [-0.2, -0.15) is 0 Å². The van der Waals surface area contributed by atoms with E-state index in [2.05, 4.69) is 5.32 Å². The summed E-state index contributed by atoms with van der Waals surface area (Å²) < 4.78 is 5.40. The number of nitrogens with zero attached hydrogens (tertiary/aromatic N) is 2. The summed E-state index contributed by atoms with van der Waals surface area (Å²) in [5.74, 6) is 2.36. The van der Waals surface area contributed by atoms with Crippen molar-refractivity contribution in [1.29, 1.82) is 0 Å². The van der Waals surface area contributed by atoms with Crippen LogP contribution in [0.2, 0.25) is 0 Å². The zero-order chi connectivity index (χ0) is 18.5. The number of nitrogens with one attached hydrogen (secondary N) is 1. The third-order valence-corrected chi connectivity index (χ3v) is 4.52. The minimum absolute atomic E-state index is 0.0325. The maximum atomic E-state index is 9.73. The first-order valence-corrected chi connectivity index (χ1v) is 9.03. The van der Waals surface area contributed by atoms with Gasteiger partial charge >= 0.3 is 0 Å². The first-order chi connectivity index (χ1) is 13.3. The monoisotopic (exact) mass is 359 g/mol. The molecule has 0 spiro atoms. The molecule has 1 atom stereocenters. The zero-order valence-electron chi connectivity index (χ0n) is 14.9. The van der Waals surface area contributed by atoms with Gasteiger partial charge in [0, 0.05) is 36.4 Å². The number of para-hydroxylation sites is 1. The Balaban J connectivity index is 1.61. The lowest BCUT2D eigenvalue weighted by atomic mass is 10.0. The van der Waals surface area contributed by atoms with Crippen LogP contribution >= 0.6 is 0 Å². The number of hydrogen-bond donors (Lipinski definition) is 2. The standard InChI is InChI=1S/C22H21N3O2/c26-15-16(13-18-9-6-12-27-18)14-23-22-19-10-4-5-11-20(19)24-21(25-22)17-7-2-1-3-8-17/h1-12,16,26H,13-15H2,(H,23,24,25)/t16-/m1/s1. The van der Waals surface area contributed by atoms with Crippen LogP contribution in [-0.4, -0.2) is 28.2 Å². The van der Waals surface area contributed by atoms with E-state index in [-0.39, 0.29) is 12.5 Å². The molecule has 0 unspecified atom stereocenters. The minimum Gasteiger partial charge on any atom is -0.469 e. The fourth-order valence-electron chi connectivity index (χ4n) is 3.08. The highest BCUT2D eigenvalue weighted by Gasteiger charge is 2.13. The fraction of sp³-hybridized carbons (Fsp3) is 0.182. The van der Waals surface area contributed by atoms with Crippen LogP contribution in [0.15, 0.2) is 77.4 Å². The van der Waals surface area contributed by atoms with Crippen molar-refractivity contribution in [3.8, 4) is 11.4 Å². The lowest BCUT2D eigenvalue weighted by molar-refractivity contribution is 0.226. The SMILES string of the molecule is OC[C@@H](CNc1nc(-c2ccccc2)nc2ccccc12)Cc1ccco1. The van der Waals surface area contributed by atoms with E-state index in [0.29, 0.717) is 18.8 Å². The molecular weight excluding hydrogens is 338 g/mol. The topological polar surface area (TPSA) is 71.2 Å². The van der Waals surface area contributed by atoms with Gasteiger partial charge in [-0.15, -0.1) is 0 Å². The number of benzene rings is 2. The fourth-order valence-corrected chi connectivity index (χ4v) is 3.08. The molecule has 0 saturated heterocycles. The number of hydrogen-bond acceptors (Lipinski definition) is 5. The molecule has 0 bridgehead atoms. The Morgan fingerprint density at radius 2 is 1.74 bits per heavy atom. The Labute approximate surface area is 157 Å². The second-order valence-corrected chi connectivity index (χ2v) is 6.49. The maximum absolute atomic E-state index is 9.73. The molecule has 2 aromatic carbocycles. The van der Waals surface area contributed by atoms with Crippen LogP contribution in [0.25, 0.3) is 22.3 Å². The normalized spacial score (nSPS) is 12.2. The Kier molecular flexibility index (Phi) is 5.12. The molecule has 5 heteroatoms. The third kappa shape index (κ3) is 3.99. The number of aliphatic hydroxyl groups excluding tert-OH is 1. The smallest absolute Gasteiger partial charge is 0.162 e. The molecule has 0 aliphatic carbocycles. The van der Waals surface area contributed by atoms with E-state index >= 15 is 0 Å². The van der Waals surface area contributed by atoms with Crippen LogP contribution < -0.4 is 5.32 Å². The van der Waals surface area contributed by atoms with Crippen LogP contribution in [0.4, 0.5) is 5.82 Å². The molecule has 0 aliphatic heterocycles. The molecular formula is C22H21N3O2. The van der Waals surface area contributed by atoms with Gasteiger partial charge in [0.15, 0.2) is 5.82 Å². The minimum atomic E-state index is 0.0325. The Hall–Kier alpha value is -3.18. The van der Waals surface area contributed by atoms with E-state index in [1.54, 1.807) is 6.26 Å². The molecule has 136 valence electrons. The molecule has 4 rings (SSSR count). The first-order valence-electron chi connectivity index (χ1n) is 9.03. The van der Waals surface area contributed by atoms with Crippen LogP contribution in [0, 0.1) is 5.92 Å². The van der Waals surface area contributed by atoms with Crippen LogP contribution in [0.3, 0.4) is 0 Å². The van der Waals surface area contributed by atoms with E-state index in [1.165, 1.54) is 0 Å². The van der Waals surface area contributed by atoms with Crippen LogP contribution in [-0.2, 0) is 6.42 Å². The van der Waals surface area contributed by atoms with Gasteiger partial charge in [-0.25, -0.2) is 9.97 Å². The molecule has 5 nitrogen and oxygen atoms in total. The highest BCUT2D eigenvalue weighted by molar-refractivity contribution is 5.90. The summed E-state index contributed by atoms with van der Waals surface area (Å²) in [6.07, 6.45) is 2.33. The quantitative estimate of drug-likeness (QED) is 0.519. The first kappa shape index (κ1) is 17.2. The molecule has 2 aromatic heterocycles. The summed E-state index contributed by atoms with van der Waals surface area (Å²) in [4.78, 5) is 9.45. The summed E-state index contributed by atoms with van der Waals surface area (Å²) in [6, 6.07) is 21.7. The van der Waals surface area contributed by atoms with Crippen molar-refractivity contribution in [2.45, 2.75) is 6.42 Å². The van der Waals surface area contributed by atoms with E-state index in [0.717, 1.165) is 28.0 Å². The number of anilines is 1. The lowest BCUT2D eigenvalue weighted by Crippen LogP contribution is -2.21. The Morgan fingerprint density at radius 3 is 2.52 bits per heavy atom. The van der Waals surface area contributed by atoms with E-state index < -0.39 is 0 Å². The van der Waals surface area contributed by atoms with Gasteiger partial charge in [-0.1, -0.05) is 42.5 Å². The number of aliphatic hydroxyl groups is 1. The van der Waals surface area contributed by atoms with Gasteiger partial charge in [0.2, 0.25) is 0 Å². The number of furan rings is 1. The van der Waals surface area contributed by atoms with Gasteiger partial charge < -0.3 is 14.8 Å². The summed E-state index contributed by atoms with van der Waals surface area (Å²) in [6.45, 7) is 0.661. The Morgan fingerprint density at radius 1 is 0.926 bits per heavy atom. The predicted molar refractivity (Wildman–Crippen MR) is 106 cm³/mol. The third-order valence-electron chi connectivity index (χ3n) is 4.52. The summed E-state index contributed by atoms with van der Waals surface area (Å²) >= 11 is 0. The van der Waals surface area contributed by atoms with E-state index in [1.807, 2.05) is 66.7 Å². The molecule has 0 aliphatic rings. The zero-order valence-corrected chi connectivity index (χ0v) is 14.9. The van der Waals surface area contributed by atoms with Crippen molar-refractivity contribution in [2.75, 3.05) is 18.5 Å². The maximum Gasteiger partial charge on any atom is 0.162 e. The molecule has 2 N–H and O–H groups in total. The average molecular weight is 359 g/mol. The van der Waals surface area contributed by atoms with Gasteiger partial charge in [-0.05, 0) is 24.3 Å². The van der Waals surface area contributed by atoms with Crippen molar-refractivity contribution in [1.82, 2.24) is 9.97 Å². The summed E-state index contributed by atoms with van der Waals surface area (Å²) in [5.41, 5.74) is 1.86. The molecule has 0 radical (unpaired) electrons. The molecule has 0 fully saturated rings. The second kappa shape index (κ2) is 8.01. The highest BCUT2D eigenvalue weighted by atomic mass is 16.3. The van der Waals surface area contributed by atoms with E-state index in [9.17, 15) is 5.11 Å². The highest BCUT2D eigenvalue weighted by Crippen LogP contribution is 2.25. The number of rotatable bonds is 7. The van der Waals surface area contributed by atoms with Gasteiger partial charge in [-0.3, -0.25) is 0 Å². The van der Waals surface area contributed by atoms with Crippen molar-refractivity contribution in [3.63, 3.8) is 0 Å². The molecule has 0 amide bonds. The molecule has 4 aromatic rings. The van der Waals surface area contributed by atoms with Crippen molar-refractivity contribution >= 4 is 16.7 Å². The van der Waals surface area contributed by atoms with Gasteiger partial charge in [0.25, 0.3) is 0 Å². The van der Waals surface area contributed by atoms with Crippen LogP contribution in [0.5, 0.6) is 0 Å². The molecule has 0 saturated carbocycles. The number of fused-ring (bicyclic) bond motifs is 1. The molecule has 27 heavy (non-hydrogen) atoms. The van der Waals surface area contributed by atoms with Crippen molar-refractivity contribution in [3.05, 3.63) is 78.8 Å². The van der Waals surface area contributed by atoms with Crippen molar-refractivity contribution in [2.24, 2.45) is 5.92 Å². The average Bonchev–Trinajstić information content (AvgIpc) is 3.24. The number of aromatic nitrogens is 2. The Bertz CT molecular complexity index is 1000. The van der Waals surface area contributed by atoms with Crippen molar-refractivity contribution < 1.29 is 9.52 Å². The van der Waals surface area contributed by atoms with E-state index in [4.69, 9.17) is 14.4 Å². The van der Waals surface area contributed by atoms with Gasteiger partial charge in [0.05, 0.1) is 11.8 Å². The predicted octanol–water partition coefficient (Wildman–Crippen LogP) is 4.15. The van der Waals surface area contributed by atoms with Gasteiger partial charge in [0.1, 0.15) is 11.6 Å².